The van der Waals surface area contributed by atoms with Gasteiger partial charge in [0, 0.05) is 25.8 Å². The van der Waals surface area contributed by atoms with Crippen LogP contribution < -0.4 is 5.32 Å². The highest BCUT2D eigenvalue weighted by Gasteiger charge is 2.31. The zero-order valence-corrected chi connectivity index (χ0v) is 15.6. The van der Waals surface area contributed by atoms with Crippen molar-refractivity contribution in [2.24, 2.45) is 0 Å². The molecule has 0 radical (unpaired) electrons. The molecule has 1 N–H and O–H groups in total. The second kappa shape index (κ2) is 8.74. The summed E-state index contributed by atoms with van der Waals surface area (Å²) in [4.78, 5) is 14.4. The molecule has 1 fully saturated rings. The van der Waals surface area contributed by atoms with Crippen LogP contribution in [0.15, 0.2) is 36.7 Å². The van der Waals surface area contributed by atoms with Gasteiger partial charge in [-0.15, -0.1) is 0 Å². The van der Waals surface area contributed by atoms with E-state index in [0.717, 1.165) is 23.3 Å². The van der Waals surface area contributed by atoms with Crippen LogP contribution in [0.3, 0.4) is 0 Å². The zero-order chi connectivity index (χ0) is 20.1. The summed E-state index contributed by atoms with van der Waals surface area (Å²) in [5.41, 5.74) is 1.00. The molecule has 1 aromatic carbocycles. The second-order valence-electron chi connectivity index (χ2n) is 6.80. The standard InChI is InChI=1S/C19H23F3N4O2/c1-14-10-24-26(12-14)13-18(27)23-11-17(25-6-8-28-9-7-25)15-2-4-16(5-3-15)19(20,21)22/h2-5,10,12,17H,6-9,11,13H2,1H3,(H,23,27). The van der Waals surface area contributed by atoms with E-state index in [2.05, 4.69) is 15.3 Å². The average Bonchev–Trinajstić information content (AvgIpc) is 3.07. The van der Waals surface area contributed by atoms with Gasteiger partial charge in [0.15, 0.2) is 0 Å². The van der Waals surface area contributed by atoms with Crippen LogP contribution in [-0.4, -0.2) is 53.4 Å². The van der Waals surface area contributed by atoms with Crippen LogP contribution in [-0.2, 0) is 22.3 Å². The zero-order valence-electron chi connectivity index (χ0n) is 15.6. The number of alkyl halides is 3. The maximum absolute atomic E-state index is 12.8. The Hall–Kier alpha value is -2.39. The van der Waals surface area contributed by atoms with Crippen LogP contribution in [0.4, 0.5) is 13.2 Å². The Balaban J connectivity index is 1.69. The van der Waals surface area contributed by atoms with Crippen molar-refractivity contribution in [2.45, 2.75) is 25.7 Å². The van der Waals surface area contributed by atoms with Crippen LogP contribution in [0.5, 0.6) is 0 Å². The number of nitrogens with one attached hydrogen (secondary N) is 1. The number of hydrogen-bond acceptors (Lipinski definition) is 4. The van der Waals surface area contributed by atoms with Gasteiger partial charge in [-0.2, -0.15) is 18.3 Å². The molecule has 6 nitrogen and oxygen atoms in total. The number of nitrogens with zero attached hydrogens (tertiary/aromatic N) is 3. The SMILES string of the molecule is Cc1cnn(CC(=O)NCC(c2ccc(C(F)(F)F)cc2)N2CCOCC2)c1. The summed E-state index contributed by atoms with van der Waals surface area (Å²) in [6.45, 7) is 4.69. The maximum atomic E-state index is 12.8. The summed E-state index contributed by atoms with van der Waals surface area (Å²) in [6, 6.07) is 4.89. The van der Waals surface area contributed by atoms with Crippen molar-refractivity contribution in [1.82, 2.24) is 20.0 Å². The number of rotatable bonds is 6. The number of amides is 1. The quantitative estimate of drug-likeness (QED) is 0.815. The van der Waals surface area contributed by atoms with Gasteiger partial charge < -0.3 is 10.1 Å². The van der Waals surface area contributed by atoms with E-state index in [-0.39, 0.29) is 18.5 Å². The fraction of sp³-hybridized carbons (Fsp3) is 0.474. The predicted molar refractivity (Wildman–Crippen MR) is 96.6 cm³/mol. The predicted octanol–water partition coefficient (Wildman–Crippen LogP) is 2.40. The van der Waals surface area contributed by atoms with Crippen LogP contribution in [0.25, 0.3) is 0 Å². The minimum atomic E-state index is -4.37. The molecule has 1 aliphatic heterocycles. The number of aryl methyl sites for hydroxylation is 1. The third-order valence-electron chi connectivity index (χ3n) is 4.67. The first-order chi connectivity index (χ1) is 13.3. The minimum Gasteiger partial charge on any atom is -0.379 e. The van der Waals surface area contributed by atoms with Gasteiger partial charge in [0.25, 0.3) is 0 Å². The molecule has 3 rings (SSSR count). The Morgan fingerprint density at radius 1 is 1.25 bits per heavy atom. The lowest BCUT2D eigenvalue weighted by atomic mass is 10.0. The first-order valence-electron chi connectivity index (χ1n) is 9.07. The fourth-order valence-corrected chi connectivity index (χ4v) is 3.21. The van der Waals surface area contributed by atoms with Crippen molar-refractivity contribution < 1.29 is 22.7 Å². The van der Waals surface area contributed by atoms with Crippen LogP contribution in [0.1, 0.15) is 22.7 Å². The number of aromatic nitrogens is 2. The number of halogens is 3. The number of benzene rings is 1. The number of carbonyl (C=O) groups is 1. The molecular formula is C19H23F3N4O2. The highest BCUT2D eigenvalue weighted by Crippen LogP contribution is 2.31. The van der Waals surface area contributed by atoms with Crippen molar-refractivity contribution in [2.75, 3.05) is 32.8 Å². The molecule has 0 bridgehead atoms. The number of ether oxygens (including phenoxy) is 1. The molecule has 1 atom stereocenters. The molecular weight excluding hydrogens is 373 g/mol. The molecule has 2 aromatic rings. The monoisotopic (exact) mass is 396 g/mol. The highest BCUT2D eigenvalue weighted by molar-refractivity contribution is 5.75. The number of morpholine rings is 1. The molecule has 2 heterocycles. The van der Waals surface area contributed by atoms with Gasteiger partial charge in [-0.05, 0) is 30.2 Å². The van der Waals surface area contributed by atoms with E-state index in [4.69, 9.17) is 4.74 Å². The third-order valence-corrected chi connectivity index (χ3v) is 4.67. The summed E-state index contributed by atoms with van der Waals surface area (Å²) in [6.07, 6.45) is -0.927. The summed E-state index contributed by atoms with van der Waals surface area (Å²) in [7, 11) is 0. The van der Waals surface area contributed by atoms with Crippen LogP contribution in [0.2, 0.25) is 0 Å². The van der Waals surface area contributed by atoms with Gasteiger partial charge in [0.2, 0.25) is 5.91 Å². The summed E-state index contributed by atoms with van der Waals surface area (Å²) >= 11 is 0. The lowest BCUT2D eigenvalue weighted by Crippen LogP contribution is -2.44. The molecule has 1 aliphatic rings. The minimum absolute atomic E-state index is 0.0939. The first-order valence-corrected chi connectivity index (χ1v) is 9.07. The molecule has 1 amide bonds. The van der Waals surface area contributed by atoms with E-state index in [0.29, 0.717) is 32.8 Å². The average molecular weight is 396 g/mol. The maximum Gasteiger partial charge on any atom is 0.416 e. The van der Waals surface area contributed by atoms with Gasteiger partial charge in [0.1, 0.15) is 6.54 Å². The highest BCUT2D eigenvalue weighted by atomic mass is 19.4. The van der Waals surface area contributed by atoms with E-state index >= 15 is 0 Å². The van der Waals surface area contributed by atoms with Crippen molar-refractivity contribution in [1.29, 1.82) is 0 Å². The topological polar surface area (TPSA) is 59.4 Å². The molecule has 0 saturated carbocycles. The largest absolute Gasteiger partial charge is 0.416 e. The Bertz CT molecular complexity index is 783. The third kappa shape index (κ3) is 5.32. The Morgan fingerprint density at radius 3 is 2.50 bits per heavy atom. The molecule has 1 saturated heterocycles. The molecule has 1 aromatic heterocycles. The smallest absolute Gasteiger partial charge is 0.379 e. The Kier molecular flexibility index (Phi) is 6.35. The van der Waals surface area contributed by atoms with Crippen LogP contribution in [0, 0.1) is 6.92 Å². The van der Waals surface area contributed by atoms with E-state index in [1.165, 1.54) is 12.1 Å². The molecule has 0 spiro atoms. The van der Waals surface area contributed by atoms with Gasteiger partial charge >= 0.3 is 6.18 Å². The normalized spacial score (nSPS) is 16.7. The summed E-state index contributed by atoms with van der Waals surface area (Å²) in [5.74, 6) is -0.201. The van der Waals surface area contributed by atoms with Crippen LogP contribution >= 0.6 is 0 Å². The molecule has 28 heavy (non-hydrogen) atoms. The van der Waals surface area contributed by atoms with E-state index in [1.807, 2.05) is 6.92 Å². The summed E-state index contributed by atoms with van der Waals surface area (Å²) < 4.78 is 45.5. The molecule has 1 unspecified atom stereocenters. The summed E-state index contributed by atoms with van der Waals surface area (Å²) in [5, 5.41) is 6.96. The lowest BCUT2D eigenvalue weighted by molar-refractivity contribution is -0.137. The fourth-order valence-electron chi connectivity index (χ4n) is 3.21. The van der Waals surface area contributed by atoms with E-state index in [1.54, 1.807) is 17.1 Å². The Labute approximate surface area is 161 Å². The number of carbonyl (C=O) groups excluding carboxylic acids is 1. The van der Waals surface area contributed by atoms with Crippen molar-refractivity contribution in [3.8, 4) is 0 Å². The van der Waals surface area contributed by atoms with Crippen molar-refractivity contribution >= 4 is 5.91 Å². The Morgan fingerprint density at radius 2 is 1.93 bits per heavy atom. The first kappa shape index (κ1) is 20.3. The molecule has 152 valence electrons. The van der Waals surface area contributed by atoms with Gasteiger partial charge in [-0.25, -0.2) is 0 Å². The second-order valence-corrected chi connectivity index (χ2v) is 6.80. The van der Waals surface area contributed by atoms with Crippen molar-refractivity contribution in [3.05, 3.63) is 53.3 Å². The molecule has 0 aliphatic carbocycles. The number of hydrogen-bond donors (Lipinski definition) is 1. The van der Waals surface area contributed by atoms with Gasteiger partial charge in [-0.1, -0.05) is 12.1 Å². The van der Waals surface area contributed by atoms with Crippen molar-refractivity contribution in [3.63, 3.8) is 0 Å². The van der Waals surface area contributed by atoms with E-state index in [9.17, 15) is 18.0 Å². The molecule has 9 heteroatoms. The lowest BCUT2D eigenvalue weighted by Gasteiger charge is -2.35. The van der Waals surface area contributed by atoms with Gasteiger partial charge in [-0.3, -0.25) is 14.4 Å². The van der Waals surface area contributed by atoms with Gasteiger partial charge in [0.05, 0.1) is 31.0 Å². The van der Waals surface area contributed by atoms with E-state index < -0.39 is 11.7 Å².